The third-order valence-electron chi connectivity index (χ3n) is 3.56. The van der Waals surface area contributed by atoms with Gasteiger partial charge in [-0.2, -0.15) is 0 Å². The molecule has 0 heterocycles. The fraction of sp³-hybridized carbons (Fsp3) is 0.500. The molecule has 1 atom stereocenters. The molecule has 0 spiro atoms. The van der Waals surface area contributed by atoms with E-state index in [1.807, 2.05) is 30.3 Å². The molecular formula is C16H25N3O2. The predicted octanol–water partition coefficient (Wildman–Crippen LogP) is 1.06. The zero-order valence-electron chi connectivity index (χ0n) is 12.6. The molecule has 0 aliphatic rings. The second-order valence-corrected chi connectivity index (χ2v) is 5.21. The highest BCUT2D eigenvalue weighted by molar-refractivity contribution is 5.86. The molecule has 1 aromatic rings. The highest BCUT2D eigenvalue weighted by atomic mass is 16.2. The molecule has 0 aliphatic carbocycles. The molecule has 21 heavy (non-hydrogen) atoms. The maximum atomic E-state index is 12.1. The van der Waals surface area contributed by atoms with Crippen LogP contribution in [0.25, 0.3) is 0 Å². The highest BCUT2D eigenvalue weighted by Crippen LogP contribution is 2.10. The maximum Gasteiger partial charge on any atom is 0.240 e. The Hall–Kier alpha value is -1.88. The zero-order chi connectivity index (χ0) is 15.7. The number of hydrogen-bond acceptors (Lipinski definition) is 3. The van der Waals surface area contributed by atoms with Gasteiger partial charge in [-0.05, 0) is 24.9 Å². The molecule has 0 unspecified atom stereocenters. The lowest BCUT2D eigenvalue weighted by molar-refractivity contribution is -0.137. The molecular weight excluding hydrogens is 266 g/mol. The van der Waals surface area contributed by atoms with E-state index >= 15 is 0 Å². The predicted molar refractivity (Wildman–Crippen MR) is 83.4 cm³/mol. The number of benzene rings is 1. The second kappa shape index (κ2) is 9.13. The van der Waals surface area contributed by atoms with Gasteiger partial charge in [0.25, 0.3) is 0 Å². The summed E-state index contributed by atoms with van der Waals surface area (Å²) in [7, 11) is 1.64. The van der Waals surface area contributed by atoms with Crippen molar-refractivity contribution in [2.75, 3.05) is 13.6 Å². The van der Waals surface area contributed by atoms with Gasteiger partial charge in [0.2, 0.25) is 11.8 Å². The van der Waals surface area contributed by atoms with E-state index in [-0.39, 0.29) is 5.91 Å². The van der Waals surface area contributed by atoms with Crippen molar-refractivity contribution < 1.29 is 9.59 Å². The molecule has 0 aliphatic heterocycles. The number of unbranched alkanes of at least 4 members (excludes halogenated alkanes) is 2. The molecule has 0 aromatic heterocycles. The van der Waals surface area contributed by atoms with E-state index in [9.17, 15) is 9.59 Å². The Bertz CT molecular complexity index is 448. The van der Waals surface area contributed by atoms with E-state index in [0.29, 0.717) is 19.4 Å². The number of carbonyl (C=O) groups excluding carboxylic acids is 2. The molecule has 1 aromatic carbocycles. The minimum atomic E-state index is -0.602. The van der Waals surface area contributed by atoms with Gasteiger partial charge < -0.3 is 16.4 Å². The highest BCUT2D eigenvalue weighted by Gasteiger charge is 2.24. The fourth-order valence-corrected chi connectivity index (χ4v) is 2.21. The van der Waals surface area contributed by atoms with Crippen molar-refractivity contribution in [2.24, 2.45) is 11.5 Å². The Morgan fingerprint density at radius 3 is 2.38 bits per heavy atom. The Balaban J connectivity index is 2.58. The molecule has 0 bridgehead atoms. The van der Waals surface area contributed by atoms with Crippen LogP contribution in [0.15, 0.2) is 30.3 Å². The summed E-state index contributed by atoms with van der Waals surface area (Å²) in [6.45, 7) is 0.641. The van der Waals surface area contributed by atoms with Crippen molar-refractivity contribution in [1.29, 1.82) is 0 Å². The molecule has 5 heteroatoms. The average Bonchev–Trinajstić information content (AvgIpc) is 2.49. The topological polar surface area (TPSA) is 89.4 Å². The van der Waals surface area contributed by atoms with Gasteiger partial charge in [0.05, 0.1) is 0 Å². The molecule has 0 radical (unpaired) electrons. The Morgan fingerprint density at radius 1 is 1.14 bits per heavy atom. The van der Waals surface area contributed by atoms with E-state index in [1.54, 1.807) is 7.05 Å². The lowest BCUT2D eigenvalue weighted by atomic mass is 10.0. The minimum Gasteiger partial charge on any atom is -0.368 e. The third kappa shape index (κ3) is 5.95. The van der Waals surface area contributed by atoms with Gasteiger partial charge in [0.15, 0.2) is 0 Å². The monoisotopic (exact) mass is 291 g/mol. The van der Waals surface area contributed by atoms with Crippen molar-refractivity contribution in [1.82, 2.24) is 4.90 Å². The summed E-state index contributed by atoms with van der Waals surface area (Å²) in [5.74, 6) is -0.525. The zero-order valence-corrected chi connectivity index (χ0v) is 12.6. The van der Waals surface area contributed by atoms with Crippen LogP contribution in [-0.4, -0.2) is 36.3 Å². The molecule has 2 amide bonds. The van der Waals surface area contributed by atoms with Crippen molar-refractivity contribution in [3.05, 3.63) is 35.9 Å². The van der Waals surface area contributed by atoms with Crippen molar-refractivity contribution in [3.8, 4) is 0 Å². The van der Waals surface area contributed by atoms with Crippen LogP contribution in [0, 0.1) is 0 Å². The van der Waals surface area contributed by atoms with E-state index in [4.69, 9.17) is 11.5 Å². The van der Waals surface area contributed by atoms with Crippen LogP contribution in [0.1, 0.15) is 31.2 Å². The number of nitrogens with zero attached hydrogens (tertiary/aromatic N) is 1. The molecule has 0 fully saturated rings. The summed E-state index contributed by atoms with van der Waals surface area (Å²) < 4.78 is 0. The molecule has 5 nitrogen and oxygen atoms in total. The number of nitrogens with two attached hydrogens (primary N) is 2. The number of likely N-dealkylation sites (N-methyl/N-ethyl adjacent to an activating group) is 1. The lowest BCUT2D eigenvalue weighted by Gasteiger charge is -2.26. The van der Waals surface area contributed by atoms with Gasteiger partial charge in [0, 0.05) is 19.9 Å². The van der Waals surface area contributed by atoms with Crippen LogP contribution in [0.4, 0.5) is 0 Å². The smallest absolute Gasteiger partial charge is 0.240 e. The Morgan fingerprint density at radius 2 is 1.81 bits per heavy atom. The van der Waals surface area contributed by atoms with E-state index < -0.39 is 11.9 Å². The van der Waals surface area contributed by atoms with Crippen LogP contribution in [0.5, 0.6) is 0 Å². The van der Waals surface area contributed by atoms with Gasteiger partial charge in [0.1, 0.15) is 6.04 Å². The standard InChI is InChI=1S/C16H25N3O2/c1-19(15(20)10-6-3-7-11-17)14(16(18)21)12-13-8-4-2-5-9-13/h2,4-5,8-9,14H,3,6-7,10-12,17H2,1H3,(H2,18,21)/t14-/m0/s1. The van der Waals surface area contributed by atoms with Gasteiger partial charge in [-0.25, -0.2) is 0 Å². The number of amides is 2. The van der Waals surface area contributed by atoms with Crippen LogP contribution in [0.2, 0.25) is 0 Å². The molecule has 4 N–H and O–H groups in total. The summed E-state index contributed by atoms with van der Waals surface area (Å²) in [5, 5.41) is 0. The quantitative estimate of drug-likeness (QED) is 0.667. The number of primary amides is 1. The van der Waals surface area contributed by atoms with Gasteiger partial charge in [-0.15, -0.1) is 0 Å². The second-order valence-electron chi connectivity index (χ2n) is 5.21. The van der Waals surface area contributed by atoms with E-state index in [1.165, 1.54) is 4.90 Å². The molecule has 0 saturated heterocycles. The summed E-state index contributed by atoms with van der Waals surface area (Å²) in [6, 6.07) is 8.97. The van der Waals surface area contributed by atoms with Crippen LogP contribution in [0.3, 0.4) is 0 Å². The summed E-state index contributed by atoms with van der Waals surface area (Å²) in [5.41, 5.74) is 11.9. The first-order valence-corrected chi connectivity index (χ1v) is 7.35. The number of hydrogen-bond donors (Lipinski definition) is 2. The molecule has 1 rings (SSSR count). The van der Waals surface area contributed by atoms with Crippen molar-refractivity contribution in [2.45, 2.75) is 38.1 Å². The summed E-state index contributed by atoms with van der Waals surface area (Å²) >= 11 is 0. The average molecular weight is 291 g/mol. The van der Waals surface area contributed by atoms with Gasteiger partial charge >= 0.3 is 0 Å². The first-order valence-electron chi connectivity index (χ1n) is 7.35. The minimum absolute atomic E-state index is 0.0493. The first kappa shape index (κ1) is 17.2. The lowest BCUT2D eigenvalue weighted by Crippen LogP contribution is -2.47. The maximum absolute atomic E-state index is 12.1. The third-order valence-corrected chi connectivity index (χ3v) is 3.56. The van der Waals surface area contributed by atoms with Gasteiger partial charge in [-0.3, -0.25) is 9.59 Å². The van der Waals surface area contributed by atoms with Gasteiger partial charge in [-0.1, -0.05) is 36.8 Å². The Labute approximate surface area is 126 Å². The van der Waals surface area contributed by atoms with Crippen LogP contribution < -0.4 is 11.5 Å². The summed E-state index contributed by atoms with van der Waals surface area (Å²) in [6.07, 6.45) is 3.50. The summed E-state index contributed by atoms with van der Waals surface area (Å²) in [4.78, 5) is 25.2. The molecule has 0 saturated carbocycles. The Kier molecular flexibility index (Phi) is 7.46. The van der Waals surface area contributed by atoms with Crippen molar-refractivity contribution in [3.63, 3.8) is 0 Å². The SMILES string of the molecule is CN(C(=O)CCCCCN)[C@@H](Cc1ccccc1)C(N)=O. The molecule has 116 valence electrons. The van der Waals surface area contributed by atoms with E-state index in [0.717, 1.165) is 24.8 Å². The first-order chi connectivity index (χ1) is 10.1. The normalized spacial score (nSPS) is 11.9. The van der Waals surface area contributed by atoms with Crippen molar-refractivity contribution >= 4 is 11.8 Å². The number of carbonyl (C=O) groups is 2. The van der Waals surface area contributed by atoms with Crippen LogP contribution in [-0.2, 0) is 16.0 Å². The number of rotatable bonds is 9. The van der Waals surface area contributed by atoms with E-state index in [2.05, 4.69) is 0 Å². The largest absolute Gasteiger partial charge is 0.368 e. The van der Waals surface area contributed by atoms with Crippen LogP contribution >= 0.6 is 0 Å². The fourth-order valence-electron chi connectivity index (χ4n) is 2.21.